The number of anilines is 1. The Morgan fingerprint density at radius 1 is 1.28 bits per heavy atom. The highest BCUT2D eigenvalue weighted by Crippen LogP contribution is 2.30. The predicted molar refractivity (Wildman–Crippen MR) is 115 cm³/mol. The zero-order valence-corrected chi connectivity index (χ0v) is 18.1. The molecule has 0 aliphatic carbocycles. The van der Waals surface area contributed by atoms with Crippen molar-refractivity contribution in [3.8, 4) is 5.75 Å². The van der Waals surface area contributed by atoms with E-state index in [9.17, 15) is 9.59 Å². The summed E-state index contributed by atoms with van der Waals surface area (Å²) in [6.07, 6.45) is 0.633. The van der Waals surface area contributed by atoms with E-state index in [0.29, 0.717) is 45.3 Å². The van der Waals surface area contributed by atoms with Crippen LogP contribution in [0.1, 0.15) is 20.2 Å². The predicted octanol–water partition coefficient (Wildman–Crippen LogP) is 4.73. The van der Waals surface area contributed by atoms with Crippen molar-refractivity contribution >= 4 is 62.8 Å². The second kappa shape index (κ2) is 8.71. The van der Waals surface area contributed by atoms with Gasteiger partial charge in [-0.2, -0.15) is 0 Å². The monoisotopic (exact) mass is 467 g/mol. The summed E-state index contributed by atoms with van der Waals surface area (Å²) in [5.74, 6) is 0.102. The number of rotatable bonds is 5. The standard InChI is InChI=1S/C19H15Cl2N3O3S2/c20-11-3-4-14(12(21)8-11)27-10-17(25)24-6-5-13-16(9-24)29-19(22-13)23-18(26)15-2-1-7-28-15/h1-4,7-8H,5-6,9-10H2,(H,22,23,26). The first-order valence-electron chi connectivity index (χ1n) is 8.68. The minimum atomic E-state index is -0.174. The van der Waals surface area contributed by atoms with Crippen LogP contribution in [0.2, 0.25) is 10.0 Å². The van der Waals surface area contributed by atoms with E-state index >= 15 is 0 Å². The maximum absolute atomic E-state index is 12.5. The van der Waals surface area contributed by atoms with Crippen LogP contribution >= 0.6 is 45.9 Å². The number of hydrogen-bond acceptors (Lipinski definition) is 6. The Balaban J connectivity index is 1.36. The molecule has 0 saturated carbocycles. The van der Waals surface area contributed by atoms with Crippen molar-refractivity contribution in [3.63, 3.8) is 0 Å². The van der Waals surface area contributed by atoms with Crippen molar-refractivity contribution < 1.29 is 14.3 Å². The number of thiophene rings is 1. The minimum Gasteiger partial charge on any atom is -0.482 e. The third kappa shape index (κ3) is 4.72. The lowest BCUT2D eigenvalue weighted by molar-refractivity contribution is -0.134. The van der Waals surface area contributed by atoms with Crippen LogP contribution in [0, 0.1) is 0 Å². The third-order valence-corrected chi connectivity index (χ3v) is 6.69. The summed E-state index contributed by atoms with van der Waals surface area (Å²) in [5.41, 5.74) is 0.919. The van der Waals surface area contributed by atoms with Crippen LogP contribution in [0.5, 0.6) is 5.75 Å². The van der Waals surface area contributed by atoms with Gasteiger partial charge in [0.05, 0.1) is 22.1 Å². The molecule has 0 saturated heterocycles. The van der Waals surface area contributed by atoms with Gasteiger partial charge < -0.3 is 9.64 Å². The SMILES string of the molecule is O=C(Nc1nc2c(s1)CN(C(=O)COc1ccc(Cl)cc1Cl)CC2)c1cccs1. The maximum Gasteiger partial charge on any atom is 0.267 e. The fraction of sp³-hybridized carbons (Fsp3) is 0.211. The van der Waals surface area contributed by atoms with Gasteiger partial charge in [0.1, 0.15) is 5.75 Å². The molecule has 2 aromatic heterocycles. The van der Waals surface area contributed by atoms with Gasteiger partial charge in [0.25, 0.3) is 11.8 Å². The second-order valence-electron chi connectivity index (χ2n) is 6.25. The number of amides is 2. The quantitative estimate of drug-likeness (QED) is 0.588. The molecule has 10 heteroatoms. The lowest BCUT2D eigenvalue weighted by Gasteiger charge is -2.26. The molecule has 0 bridgehead atoms. The Morgan fingerprint density at radius 3 is 2.90 bits per heavy atom. The molecule has 1 N–H and O–H groups in total. The highest BCUT2D eigenvalue weighted by Gasteiger charge is 2.25. The van der Waals surface area contributed by atoms with Crippen LogP contribution in [0.4, 0.5) is 5.13 Å². The van der Waals surface area contributed by atoms with Gasteiger partial charge in [0.2, 0.25) is 0 Å². The number of ether oxygens (including phenoxy) is 1. The molecule has 0 unspecified atom stereocenters. The third-order valence-electron chi connectivity index (χ3n) is 4.29. The van der Waals surface area contributed by atoms with Crippen molar-refractivity contribution in [2.24, 2.45) is 0 Å². The first-order valence-corrected chi connectivity index (χ1v) is 11.1. The van der Waals surface area contributed by atoms with Crippen LogP contribution in [0.3, 0.4) is 0 Å². The van der Waals surface area contributed by atoms with Gasteiger partial charge in [-0.1, -0.05) is 40.6 Å². The summed E-state index contributed by atoms with van der Waals surface area (Å²) in [4.78, 5) is 32.6. The van der Waals surface area contributed by atoms with Gasteiger partial charge >= 0.3 is 0 Å². The lowest BCUT2D eigenvalue weighted by Crippen LogP contribution is -2.38. The number of carbonyl (C=O) groups is 2. The molecular formula is C19H15Cl2N3O3S2. The van der Waals surface area contributed by atoms with Crippen molar-refractivity contribution in [1.29, 1.82) is 0 Å². The number of nitrogens with one attached hydrogen (secondary N) is 1. The van der Waals surface area contributed by atoms with E-state index in [1.165, 1.54) is 22.7 Å². The summed E-state index contributed by atoms with van der Waals surface area (Å²) in [6, 6.07) is 8.46. The van der Waals surface area contributed by atoms with Crippen molar-refractivity contribution in [2.45, 2.75) is 13.0 Å². The van der Waals surface area contributed by atoms with Gasteiger partial charge in [0.15, 0.2) is 11.7 Å². The molecule has 1 aliphatic rings. The van der Waals surface area contributed by atoms with Crippen LogP contribution in [-0.4, -0.2) is 34.8 Å². The lowest BCUT2D eigenvalue weighted by atomic mass is 10.2. The normalized spacial score (nSPS) is 13.1. The van der Waals surface area contributed by atoms with Crippen LogP contribution in [0.25, 0.3) is 0 Å². The molecule has 3 heterocycles. The van der Waals surface area contributed by atoms with E-state index in [0.717, 1.165) is 10.6 Å². The Kier molecular flexibility index (Phi) is 6.05. The fourth-order valence-electron chi connectivity index (χ4n) is 2.85. The largest absolute Gasteiger partial charge is 0.482 e. The molecule has 0 atom stereocenters. The number of nitrogens with zero attached hydrogens (tertiary/aromatic N) is 2. The summed E-state index contributed by atoms with van der Waals surface area (Å²) >= 11 is 14.7. The number of hydrogen-bond donors (Lipinski definition) is 1. The minimum absolute atomic E-state index is 0.114. The second-order valence-corrected chi connectivity index (χ2v) is 9.12. The summed E-state index contributed by atoms with van der Waals surface area (Å²) in [7, 11) is 0. The zero-order chi connectivity index (χ0) is 20.4. The summed E-state index contributed by atoms with van der Waals surface area (Å²) in [5, 5.41) is 6.09. The molecule has 150 valence electrons. The molecule has 1 aromatic carbocycles. The molecule has 0 fully saturated rings. The van der Waals surface area contributed by atoms with Gasteiger partial charge in [-0.05, 0) is 29.6 Å². The molecule has 1 aliphatic heterocycles. The van der Waals surface area contributed by atoms with Crippen LogP contribution in [-0.2, 0) is 17.8 Å². The number of carbonyl (C=O) groups excluding carboxylic acids is 2. The van der Waals surface area contributed by atoms with E-state index in [4.69, 9.17) is 27.9 Å². The molecule has 6 nitrogen and oxygen atoms in total. The van der Waals surface area contributed by atoms with E-state index in [2.05, 4.69) is 10.3 Å². The Morgan fingerprint density at radius 2 is 2.14 bits per heavy atom. The number of thiazole rings is 1. The van der Waals surface area contributed by atoms with Crippen LogP contribution in [0.15, 0.2) is 35.7 Å². The van der Waals surface area contributed by atoms with Gasteiger partial charge in [-0.15, -0.1) is 11.3 Å². The molecule has 0 radical (unpaired) electrons. The fourth-order valence-corrected chi connectivity index (χ4v) is 4.95. The number of fused-ring (bicyclic) bond motifs is 1. The first kappa shape index (κ1) is 20.2. The number of benzene rings is 1. The van der Waals surface area contributed by atoms with Crippen molar-refractivity contribution in [3.05, 3.63) is 61.2 Å². The van der Waals surface area contributed by atoms with E-state index in [1.807, 2.05) is 11.4 Å². The smallest absolute Gasteiger partial charge is 0.267 e. The molecule has 3 aromatic rings. The van der Waals surface area contributed by atoms with Crippen LogP contribution < -0.4 is 10.1 Å². The van der Waals surface area contributed by atoms with Crippen molar-refractivity contribution in [1.82, 2.24) is 9.88 Å². The van der Waals surface area contributed by atoms with Crippen molar-refractivity contribution in [2.75, 3.05) is 18.5 Å². The average molecular weight is 468 g/mol. The Labute approximate surface area is 185 Å². The average Bonchev–Trinajstić information content (AvgIpc) is 3.36. The Bertz CT molecular complexity index is 1050. The zero-order valence-electron chi connectivity index (χ0n) is 15.0. The summed E-state index contributed by atoms with van der Waals surface area (Å²) in [6.45, 7) is 0.876. The number of halogens is 2. The molecule has 0 spiro atoms. The maximum atomic E-state index is 12.5. The molecule has 2 amide bonds. The topological polar surface area (TPSA) is 71.5 Å². The summed E-state index contributed by atoms with van der Waals surface area (Å²) < 4.78 is 5.54. The Hall–Kier alpha value is -2.13. The molecule has 4 rings (SSSR count). The first-order chi connectivity index (χ1) is 14.0. The van der Waals surface area contributed by atoms with E-state index < -0.39 is 0 Å². The molecule has 29 heavy (non-hydrogen) atoms. The highest BCUT2D eigenvalue weighted by molar-refractivity contribution is 7.16. The highest BCUT2D eigenvalue weighted by atomic mass is 35.5. The van der Waals surface area contributed by atoms with E-state index in [1.54, 1.807) is 29.2 Å². The molecular weight excluding hydrogens is 453 g/mol. The van der Waals surface area contributed by atoms with Gasteiger partial charge in [-0.25, -0.2) is 4.98 Å². The van der Waals surface area contributed by atoms with E-state index in [-0.39, 0.29) is 18.4 Å². The number of aromatic nitrogens is 1. The van der Waals surface area contributed by atoms with Gasteiger partial charge in [-0.3, -0.25) is 14.9 Å². The van der Waals surface area contributed by atoms with Gasteiger partial charge in [0, 0.05) is 22.9 Å².